The molecule has 0 saturated carbocycles. The molecule has 4 rings (SSSR count). The molecule has 0 aliphatic carbocycles. The lowest BCUT2D eigenvalue weighted by atomic mass is 9.98. The van der Waals surface area contributed by atoms with Crippen molar-refractivity contribution < 1.29 is 38.2 Å². The van der Waals surface area contributed by atoms with Crippen molar-refractivity contribution in [2.75, 3.05) is 38.5 Å². The lowest BCUT2D eigenvalue weighted by Crippen LogP contribution is -2.52. The van der Waals surface area contributed by atoms with Crippen LogP contribution in [0.1, 0.15) is 24.3 Å². The molecule has 214 valence electrons. The Morgan fingerprint density at radius 3 is 2.15 bits per heavy atom. The highest BCUT2D eigenvalue weighted by Gasteiger charge is 2.35. The van der Waals surface area contributed by atoms with Crippen LogP contribution in [0.25, 0.3) is 0 Å². The van der Waals surface area contributed by atoms with Crippen LogP contribution in [-0.4, -0.2) is 73.4 Å². The van der Waals surface area contributed by atoms with Crippen molar-refractivity contribution in [1.82, 2.24) is 10.1 Å². The summed E-state index contributed by atoms with van der Waals surface area (Å²) < 4.78 is 27.2. The number of aromatic nitrogens is 1. The summed E-state index contributed by atoms with van der Waals surface area (Å²) >= 11 is 0. The highest BCUT2D eigenvalue weighted by Crippen LogP contribution is 2.27. The Bertz CT molecular complexity index is 1220. The van der Waals surface area contributed by atoms with Gasteiger partial charge in [-0.15, -0.1) is 0 Å². The van der Waals surface area contributed by atoms with Crippen LogP contribution in [0.2, 0.25) is 0 Å². The molecule has 12 nitrogen and oxygen atoms in total. The number of carbonyl (C=O) groups is 2. The van der Waals surface area contributed by atoms with E-state index >= 15 is 0 Å². The standard InChI is InChI=1S/C28H34N4O8/c1-36-17-20-15-18(31-40-20)14-19-12-13-23(33)26(39-19)16-32(27(34)29-21-8-4-6-10-24(21)37-2)28(35)30-22-9-5-7-11-25(22)38-3/h4-11,15,19,23,26,33H,12-14,16-17H2,1-3H3,(H,29,34)(H,30,35)/t19-,23-,26+/m0/s1. The number of carbonyl (C=O) groups excluding carboxylic acids is 2. The Morgan fingerprint density at radius 1 is 0.975 bits per heavy atom. The molecule has 1 aliphatic heterocycles. The van der Waals surface area contributed by atoms with Gasteiger partial charge in [0.05, 0.1) is 50.0 Å². The predicted molar refractivity (Wildman–Crippen MR) is 146 cm³/mol. The third kappa shape index (κ3) is 7.29. The van der Waals surface area contributed by atoms with Crippen LogP contribution in [0.4, 0.5) is 21.0 Å². The lowest BCUT2D eigenvalue weighted by molar-refractivity contribution is -0.119. The molecule has 1 aliphatic rings. The molecule has 0 radical (unpaired) electrons. The molecule has 3 N–H and O–H groups in total. The maximum atomic E-state index is 13.5. The number of hydrogen-bond donors (Lipinski definition) is 3. The summed E-state index contributed by atoms with van der Waals surface area (Å²) in [5, 5.41) is 20.3. The molecule has 1 saturated heterocycles. The zero-order valence-electron chi connectivity index (χ0n) is 22.7. The predicted octanol–water partition coefficient (Wildman–Crippen LogP) is 4.06. The van der Waals surface area contributed by atoms with Crippen molar-refractivity contribution in [3.8, 4) is 11.5 Å². The number of anilines is 2. The van der Waals surface area contributed by atoms with Crippen LogP contribution >= 0.6 is 0 Å². The molecule has 0 spiro atoms. The van der Waals surface area contributed by atoms with Gasteiger partial charge in [-0.05, 0) is 37.1 Å². The minimum Gasteiger partial charge on any atom is -0.495 e. The molecule has 3 aromatic rings. The molecule has 40 heavy (non-hydrogen) atoms. The molecule has 2 aromatic carbocycles. The normalized spacial score (nSPS) is 18.6. The van der Waals surface area contributed by atoms with Gasteiger partial charge in [0.1, 0.15) is 24.2 Å². The Labute approximate surface area is 232 Å². The number of ether oxygens (including phenoxy) is 4. The molecule has 12 heteroatoms. The van der Waals surface area contributed by atoms with Crippen LogP contribution in [0.5, 0.6) is 11.5 Å². The molecule has 0 bridgehead atoms. The summed E-state index contributed by atoms with van der Waals surface area (Å²) in [4.78, 5) is 27.9. The number of benzene rings is 2. The largest absolute Gasteiger partial charge is 0.495 e. The topological polar surface area (TPSA) is 145 Å². The van der Waals surface area contributed by atoms with Gasteiger partial charge >= 0.3 is 12.1 Å². The van der Waals surface area contributed by atoms with E-state index in [0.717, 1.165) is 4.90 Å². The molecule has 3 atom stereocenters. The van der Waals surface area contributed by atoms with Gasteiger partial charge < -0.3 is 39.2 Å². The number of nitrogens with zero attached hydrogens (tertiary/aromatic N) is 2. The monoisotopic (exact) mass is 554 g/mol. The fourth-order valence-corrected chi connectivity index (χ4v) is 4.46. The van der Waals surface area contributed by atoms with Gasteiger partial charge in [-0.2, -0.15) is 0 Å². The second kappa shape index (κ2) is 13.8. The number of rotatable bonds is 10. The average molecular weight is 555 g/mol. The number of nitrogens with one attached hydrogen (secondary N) is 2. The summed E-state index contributed by atoms with van der Waals surface area (Å²) in [6.45, 7) is 0.0881. The molecule has 4 amide bonds. The highest BCUT2D eigenvalue weighted by molar-refractivity contribution is 6.06. The maximum Gasteiger partial charge on any atom is 0.330 e. The van der Waals surface area contributed by atoms with E-state index in [0.29, 0.717) is 60.2 Å². The van der Waals surface area contributed by atoms with Crippen molar-refractivity contribution in [1.29, 1.82) is 0 Å². The smallest absolute Gasteiger partial charge is 0.330 e. The first-order valence-corrected chi connectivity index (χ1v) is 12.8. The Hall–Kier alpha value is -4.13. The quantitative estimate of drug-likeness (QED) is 0.338. The number of hydrogen-bond acceptors (Lipinski definition) is 9. The Morgan fingerprint density at radius 2 is 1.57 bits per heavy atom. The van der Waals surface area contributed by atoms with E-state index in [2.05, 4.69) is 15.8 Å². The molecular formula is C28H34N4O8. The van der Waals surface area contributed by atoms with E-state index in [1.165, 1.54) is 14.2 Å². The first-order valence-electron chi connectivity index (χ1n) is 12.8. The molecule has 2 heterocycles. The number of amides is 4. The van der Waals surface area contributed by atoms with Crippen LogP contribution in [0.15, 0.2) is 59.1 Å². The van der Waals surface area contributed by atoms with Gasteiger partial charge in [0, 0.05) is 19.6 Å². The number of methoxy groups -OCH3 is 3. The number of aliphatic hydroxyl groups is 1. The third-order valence-electron chi connectivity index (χ3n) is 6.46. The SMILES string of the molecule is COCc1cc(C[C@@H]2CC[C@H](O)[C@@H](CN(C(=O)Nc3ccccc3OC)C(=O)Nc3ccccc3OC)O2)no1. The van der Waals surface area contributed by atoms with Crippen LogP contribution in [0.3, 0.4) is 0 Å². The third-order valence-corrected chi connectivity index (χ3v) is 6.46. The van der Waals surface area contributed by atoms with E-state index in [9.17, 15) is 14.7 Å². The van der Waals surface area contributed by atoms with Gasteiger partial charge in [-0.1, -0.05) is 29.4 Å². The summed E-state index contributed by atoms with van der Waals surface area (Å²) in [7, 11) is 4.53. The van der Waals surface area contributed by atoms with E-state index in [-0.39, 0.29) is 12.6 Å². The van der Waals surface area contributed by atoms with Gasteiger partial charge in [0.25, 0.3) is 0 Å². The first kappa shape index (κ1) is 28.9. The van der Waals surface area contributed by atoms with Gasteiger partial charge in [0.15, 0.2) is 5.76 Å². The van der Waals surface area contributed by atoms with Crippen molar-refractivity contribution in [2.45, 2.75) is 44.2 Å². The van der Waals surface area contributed by atoms with E-state index in [1.807, 2.05) is 0 Å². The maximum absolute atomic E-state index is 13.5. The number of urea groups is 2. The van der Waals surface area contributed by atoms with Crippen LogP contribution in [0, 0.1) is 0 Å². The second-order valence-electron chi connectivity index (χ2n) is 9.23. The highest BCUT2D eigenvalue weighted by atomic mass is 16.5. The van der Waals surface area contributed by atoms with Crippen molar-refractivity contribution >= 4 is 23.4 Å². The number of para-hydroxylation sites is 4. The average Bonchev–Trinajstić information content (AvgIpc) is 3.40. The molecular weight excluding hydrogens is 520 g/mol. The second-order valence-corrected chi connectivity index (χ2v) is 9.23. The summed E-state index contributed by atoms with van der Waals surface area (Å²) in [5.74, 6) is 1.45. The summed E-state index contributed by atoms with van der Waals surface area (Å²) in [6.07, 6.45) is -0.587. The zero-order valence-corrected chi connectivity index (χ0v) is 22.7. The van der Waals surface area contributed by atoms with Crippen molar-refractivity contribution in [3.63, 3.8) is 0 Å². The van der Waals surface area contributed by atoms with Crippen molar-refractivity contribution in [2.24, 2.45) is 0 Å². The lowest BCUT2D eigenvalue weighted by Gasteiger charge is -2.36. The van der Waals surface area contributed by atoms with Crippen LogP contribution in [-0.2, 0) is 22.5 Å². The van der Waals surface area contributed by atoms with E-state index < -0.39 is 24.3 Å². The number of aliphatic hydroxyl groups excluding tert-OH is 1. The minimum absolute atomic E-state index is 0.215. The van der Waals surface area contributed by atoms with Crippen molar-refractivity contribution in [3.05, 3.63) is 66.1 Å². The molecule has 0 unspecified atom stereocenters. The Kier molecular flexibility index (Phi) is 9.95. The molecule has 1 aromatic heterocycles. The van der Waals surface area contributed by atoms with Gasteiger partial charge in [-0.25, -0.2) is 14.5 Å². The minimum atomic E-state index is -0.891. The first-order chi connectivity index (χ1) is 19.4. The van der Waals surface area contributed by atoms with E-state index in [1.54, 1.807) is 61.7 Å². The zero-order chi connectivity index (χ0) is 28.5. The fourth-order valence-electron chi connectivity index (χ4n) is 4.46. The summed E-state index contributed by atoms with van der Waals surface area (Å²) in [6, 6.07) is 14.0. The Balaban J connectivity index is 1.52. The van der Waals surface area contributed by atoms with Crippen LogP contribution < -0.4 is 20.1 Å². The van der Waals surface area contributed by atoms with Gasteiger partial charge in [-0.3, -0.25) is 0 Å². The molecule has 1 fully saturated rings. The fraction of sp³-hybridized carbons (Fsp3) is 0.393. The number of imide groups is 1. The van der Waals surface area contributed by atoms with Gasteiger partial charge in [0.2, 0.25) is 0 Å². The van der Waals surface area contributed by atoms with E-state index in [4.69, 9.17) is 23.5 Å². The summed E-state index contributed by atoms with van der Waals surface area (Å²) in [5.41, 5.74) is 1.45.